The maximum absolute atomic E-state index is 4.45. The Hall–Kier alpha value is -0.430. The van der Waals surface area contributed by atoms with E-state index in [0.717, 1.165) is 18.7 Å². The summed E-state index contributed by atoms with van der Waals surface area (Å²) in [6.07, 6.45) is 4.37. The molecule has 3 nitrogen and oxygen atoms in total. The molecule has 0 radical (unpaired) electrons. The molecule has 0 bridgehead atoms. The average Bonchev–Trinajstić information content (AvgIpc) is 2.87. The number of hydrogen-bond acceptors (Lipinski definition) is 3. The molecule has 6 heteroatoms. The normalized spacial score (nSPS) is 20.6. The highest BCUT2D eigenvalue weighted by Gasteiger charge is 2.40. The zero-order chi connectivity index (χ0) is 16.7. The number of anilines is 1. The zero-order valence-electron chi connectivity index (χ0n) is 16.2. The van der Waals surface area contributed by atoms with Gasteiger partial charge in [0.25, 0.3) is 0 Å². The predicted molar refractivity (Wildman–Crippen MR) is 131 cm³/mol. The van der Waals surface area contributed by atoms with Gasteiger partial charge in [-0.25, -0.2) is 0 Å². The maximum atomic E-state index is 4.45. The van der Waals surface area contributed by atoms with Crippen LogP contribution in [0.1, 0.15) is 34.7 Å². The Morgan fingerprint density at radius 1 is 1.07 bits per heavy atom. The van der Waals surface area contributed by atoms with Crippen LogP contribution in [0.25, 0.3) is 0 Å². The van der Waals surface area contributed by atoms with Gasteiger partial charge in [0.2, 0.25) is 0 Å². The van der Waals surface area contributed by atoms with Crippen molar-refractivity contribution in [2.75, 3.05) is 31.6 Å². The topological polar surface area (TPSA) is 19.4 Å². The van der Waals surface area contributed by atoms with Crippen molar-refractivity contribution in [2.24, 2.45) is 0 Å². The number of piperidine rings is 1. The zero-order valence-corrected chi connectivity index (χ0v) is 21.4. The molecule has 0 saturated carbocycles. The Balaban J connectivity index is 0.00000121. The van der Waals surface area contributed by atoms with Crippen molar-refractivity contribution < 1.29 is 0 Å². The number of likely N-dealkylation sites (N-methyl/N-ethyl adjacent to an activating group) is 1. The van der Waals surface area contributed by atoms with Gasteiger partial charge in [-0.15, -0.1) is 50.9 Å². The van der Waals surface area contributed by atoms with E-state index in [4.69, 9.17) is 0 Å². The first-order valence-corrected chi connectivity index (χ1v) is 9.09. The van der Waals surface area contributed by atoms with Gasteiger partial charge in [0, 0.05) is 42.6 Å². The number of likely N-dealkylation sites (tertiary alicyclic amines) is 1. The number of rotatable bonds is 3. The summed E-state index contributed by atoms with van der Waals surface area (Å²) >= 11 is 0. The second kappa shape index (κ2) is 10.4. The fourth-order valence-corrected chi connectivity index (χ4v) is 4.37. The first-order chi connectivity index (χ1) is 11.6. The van der Waals surface area contributed by atoms with Crippen molar-refractivity contribution in [3.05, 3.63) is 58.9 Å². The number of nitrogens with zero attached hydrogens (tertiary/aromatic N) is 3. The molecule has 0 aliphatic carbocycles. The molecular formula is C21H30Br3N3. The van der Waals surface area contributed by atoms with Crippen LogP contribution >= 0.6 is 50.9 Å². The largest absolute Gasteiger partial charge is 0.367 e. The van der Waals surface area contributed by atoms with Gasteiger partial charge in [0.15, 0.2) is 0 Å². The molecule has 2 aromatic rings. The van der Waals surface area contributed by atoms with E-state index in [-0.39, 0.29) is 50.9 Å². The molecule has 4 rings (SSSR count). The minimum absolute atomic E-state index is 0. The summed E-state index contributed by atoms with van der Waals surface area (Å²) < 4.78 is 0. The van der Waals surface area contributed by atoms with Crippen molar-refractivity contribution in [1.29, 1.82) is 0 Å². The Kier molecular flexibility index (Phi) is 9.46. The van der Waals surface area contributed by atoms with E-state index in [0.29, 0.717) is 12.0 Å². The molecule has 2 aliphatic heterocycles. The van der Waals surface area contributed by atoms with E-state index in [1.165, 1.54) is 36.3 Å². The lowest BCUT2D eigenvalue weighted by Crippen LogP contribution is -2.45. The minimum Gasteiger partial charge on any atom is -0.367 e. The number of fused-ring (bicyclic) bond motifs is 3. The number of pyridine rings is 1. The van der Waals surface area contributed by atoms with Gasteiger partial charge in [-0.1, -0.05) is 23.8 Å². The van der Waals surface area contributed by atoms with Crippen LogP contribution in [0.2, 0.25) is 0 Å². The molecular weight excluding hydrogens is 534 g/mol. The summed E-state index contributed by atoms with van der Waals surface area (Å²) in [6, 6.07) is 12.0. The fourth-order valence-electron chi connectivity index (χ4n) is 4.37. The number of aromatic nitrogens is 1. The summed E-state index contributed by atoms with van der Waals surface area (Å²) in [6.45, 7) is 7.74. The van der Waals surface area contributed by atoms with Gasteiger partial charge in [-0.2, -0.15) is 0 Å². The quantitative estimate of drug-likeness (QED) is 0.506. The van der Waals surface area contributed by atoms with Crippen molar-refractivity contribution in [3.8, 4) is 0 Å². The molecule has 1 aromatic carbocycles. The smallest absolute Gasteiger partial charge is 0.0405 e. The van der Waals surface area contributed by atoms with E-state index in [2.05, 4.69) is 59.1 Å². The van der Waals surface area contributed by atoms with Crippen LogP contribution in [0.4, 0.5) is 5.69 Å². The molecule has 0 N–H and O–H groups in total. The lowest BCUT2D eigenvalue weighted by molar-refractivity contribution is 0.231. The number of halogens is 3. The predicted octanol–water partition coefficient (Wildman–Crippen LogP) is 5.28. The van der Waals surface area contributed by atoms with Crippen molar-refractivity contribution in [1.82, 2.24) is 9.88 Å². The molecule has 3 heterocycles. The molecule has 2 aliphatic rings. The van der Waals surface area contributed by atoms with Crippen LogP contribution in [0.3, 0.4) is 0 Å². The van der Waals surface area contributed by atoms with E-state index >= 15 is 0 Å². The van der Waals surface area contributed by atoms with Crippen molar-refractivity contribution in [3.63, 3.8) is 0 Å². The highest BCUT2D eigenvalue weighted by Crippen LogP contribution is 2.44. The second-order valence-corrected chi connectivity index (χ2v) is 7.54. The van der Waals surface area contributed by atoms with Crippen LogP contribution in [0.15, 0.2) is 36.5 Å². The highest BCUT2D eigenvalue weighted by molar-refractivity contribution is 8.93. The van der Waals surface area contributed by atoms with Crippen LogP contribution in [0.5, 0.6) is 0 Å². The third-order valence-corrected chi connectivity index (χ3v) is 5.69. The lowest BCUT2D eigenvalue weighted by atomic mass is 9.89. The Bertz CT molecular complexity index is 736. The van der Waals surface area contributed by atoms with E-state index in [1.807, 2.05) is 13.1 Å². The monoisotopic (exact) mass is 561 g/mol. The van der Waals surface area contributed by atoms with Gasteiger partial charge >= 0.3 is 0 Å². The number of hydrogen-bond donors (Lipinski definition) is 0. The molecule has 1 saturated heterocycles. The first kappa shape index (κ1) is 24.6. The van der Waals surface area contributed by atoms with E-state index in [1.54, 1.807) is 5.56 Å². The summed E-state index contributed by atoms with van der Waals surface area (Å²) in [7, 11) is 2.26. The third-order valence-electron chi connectivity index (χ3n) is 5.69. The highest BCUT2D eigenvalue weighted by atomic mass is 79.9. The molecule has 0 amide bonds. The van der Waals surface area contributed by atoms with E-state index in [9.17, 15) is 0 Å². The first-order valence-electron chi connectivity index (χ1n) is 9.09. The minimum atomic E-state index is 0. The molecule has 0 spiro atoms. The van der Waals surface area contributed by atoms with E-state index < -0.39 is 0 Å². The summed E-state index contributed by atoms with van der Waals surface area (Å²) in [5.74, 6) is 0.662. The summed E-state index contributed by atoms with van der Waals surface area (Å²) in [5.41, 5.74) is 6.84. The Morgan fingerprint density at radius 2 is 1.85 bits per heavy atom. The second-order valence-electron chi connectivity index (χ2n) is 7.54. The molecule has 1 fully saturated rings. The molecule has 150 valence electrons. The summed E-state index contributed by atoms with van der Waals surface area (Å²) in [5, 5.41) is 0. The van der Waals surface area contributed by atoms with Crippen molar-refractivity contribution in [2.45, 2.75) is 38.6 Å². The van der Waals surface area contributed by atoms with Crippen LogP contribution < -0.4 is 4.90 Å². The molecule has 27 heavy (non-hydrogen) atoms. The Morgan fingerprint density at radius 3 is 2.56 bits per heavy atom. The van der Waals surface area contributed by atoms with Gasteiger partial charge in [-0.3, -0.25) is 4.98 Å². The van der Waals surface area contributed by atoms with Crippen LogP contribution in [-0.2, 0) is 6.42 Å². The van der Waals surface area contributed by atoms with Crippen molar-refractivity contribution >= 4 is 56.6 Å². The molecule has 0 unspecified atom stereocenters. The van der Waals surface area contributed by atoms with Crippen LogP contribution in [0, 0.1) is 13.8 Å². The summed E-state index contributed by atoms with van der Waals surface area (Å²) in [4.78, 5) is 9.61. The van der Waals surface area contributed by atoms with Crippen LogP contribution in [-0.4, -0.2) is 42.6 Å². The lowest BCUT2D eigenvalue weighted by Gasteiger charge is -2.37. The third kappa shape index (κ3) is 5.14. The number of aryl methyl sites for hydroxylation is 2. The molecule has 1 aromatic heterocycles. The molecule has 2 atom stereocenters. The fraction of sp³-hybridized carbons (Fsp3) is 0.476. The van der Waals surface area contributed by atoms with Gasteiger partial charge in [0.05, 0.1) is 0 Å². The SMILES string of the molecule is Br.Br.Br.Cc1ccc2c(c1)[C@@H]1CN(C)CC[C@H]1N2CCc1ccc(C)nc1. The Labute approximate surface area is 194 Å². The van der Waals surface area contributed by atoms with Gasteiger partial charge in [0.1, 0.15) is 0 Å². The maximum Gasteiger partial charge on any atom is 0.0405 e. The van der Waals surface area contributed by atoms with Gasteiger partial charge in [-0.05, 0) is 63.5 Å². The average molecular weight is 564 g/mol. The standard InChI is InChI=1S/C21H27N3.3BrH/c1-15-4-7-20-18(12-15)19-14-23(3)10-9-21(19)24(20)11-8-17-6-5-16(2)22-13-17;;;/h4-7,12-13,19,21H,8-11,14H2,1-3H3;3*1H/t19-,21+;;;/m0.../s1. The van der Waals surface area contributed by atoms with Gasteiger partial charge < -0.3 is 9.80 Å². The number of benzene rings is 1.